The molecule has 1 aromatic rings. The van der Waals surface area contributed by atoms with E-state index in [0.29, 0.717) is 12.1 Å². The van der Waals surface area contributed by atoms with E-state index in [-0.39, 0.29) is 6.03 Å². The number of anilines is 1. The van der Waals surface area contributed by atoms with Crippen LogP contribution < -0.4 is 5.32 Å². The van der Waals surface area contributed by atoms with Crippen molar-refractivity contribution in [3.63, 3.8) is 0 Å². The molecule has 0 aromatic heterocycles. The topological polar surface area (TPSA) is 35.6 Å². The minimum Gasteiger partial charge on any atom is -0.323 e. The molecule has 2 atom stereocenters. The van der Waals surface area contributed by atoms with Crippen molar-refractivity contribution in [2.45, 2.75) is 38.3 Å². The highest BCUT2D eigenvalue weighted by molar-refractivity contribution is 5.89. The normalized spacial score (nSPS) is 26.4. The number of carbonyl (C=O) groups excluding carboxylic acids is 1. The van der Waals surface area contributed by atoms with Crippen molar-refractivity contribution < 1.29 is 4.79 Å². The molecule has 0 radical (unpaired) electrons. The summed E-state index contributed by atoms with van der Waals surface area (Å²) in [6.07, 6.45) is 3.60. The summed E-state index contributed by atoms with van der Waals surface area (Å²) in [5.41, 5.74) is 2.08. The maximum atomic E-state index is 12.4. The third kappa shape index (κ3) is 2.66. The summed E-state index contributed by atoms with van der Waals surface area (Å²) in [5, 5.41) is 3.01. The van der Waals surface area contributed by atoms with Crippen molar-refractivity contribution in [2.24, 2.45) is 0 Å². The molecule has 1 N–H and O–H groups in total. The lowest BCUT2D eigenvalue weighted by Crippen LogP contribution is -2.41. The highest BCUT2D eigenvalue weighted by Crippen LogP contribution is 2.28. The number of benzene rings is 1. The van der Waals surface area contributed by atoms with E-state index in [1.165, 1.54) is 18.4 Å². The van der Waals surface area contributed by atoms with Gasteiger partial charge in [0.25, 0.3) is 0 Å². The lowest BCUT2D eigenvalue weighted by Gasteiger charge is -2.26. The molecule has 0 saturated carbocycles. The van der Waals surface area contributed by atoms with Crippen LogP contribution >= 0.6 is 0 Å². The predicted molar refractivity (Wildman–Crippen MR) is 81.0 cm³/mol. The molecular weight excluding hydrogens is 250 g/mol. The lowest BCUT2D eigenvalue weighted by atomic mass is 10.1. The largest absolute Gasteiger partial charge is 0.323 e. The van der Waals surface area contributed by atoms with Gasteiger partial charge in [0, 0.05) is 30.9 Å². The van der Waals surface area contributed by atoms with E-state index in [1.54, 1.807) is 0 Å². The van der Waals surface area contributed by atoms with Gasteiger partial charge in [-0.2, -0.15) is 0 Å². The van der Waals surface area contributed by atoms with Crippen LogP contribution in [0.3, 0.4) is 0 Å². The predicted octanol–water partition coefficient (Wildman–Crippen LogP) is 2.70. The van der Waals surface area contributed by atoms with Gasteiger partial charge in [0.1, 0.15) is 0 Å². The zero-order valence-corrected chi connectivity index (χ0v) is 12.3. The number of carbonyl (C=O) groups is 1. The quantitative estimate of drug-likeness (QED) is 0.854. The molecule has 2 amide bonds. The van der Waals surface area contributed by atoms with Gasteiger partial charge in [-0.25, -0.2) is 4.79 Å². The van der Waals surface area contributed by atoms with E-state index in [9.17, 15) is 4.79 Å². The Labute approximate surface area is 120 Å². The van der Waals surface area contributed by atoms with Crippen LogP contribution in [0.4, 0.5) is 10.5 Å². The summed E-state index contributed by atoms with van der Waals surface area (Å²) in [4.78, 5) is 16.8. The van der Waals surface area contributed by atoms with E-state index in [0.717, 1.165) is 25.2 Å². The average molecular weight is 273 g/mol. The Bertz CT molecular complexity index is 485. The number of amides is 2. The first-order valence-corrected chi connectivity index (χ1v) is 7.48. The van der Waals surface area contributed by atoms with Crippen LogP contribution in [0.2, 0.25) is 0 Å². The molecule has 4 heteroatoms. The summed E-state index contributed by atoms with van der Waals surface area (Å²) >= 11 is 0. The number of hydrogen-bond donors (Lipinski definition) is 1. The molecule has 0 aliphatic carbocycles. The third-order valence-corrected chi connectivity index (χ3v) is 4.74. The Morgan fingerprint density at radius 1 is 1.15 bits per heavy atom. The molecule has 2 aliphatic heterocycles. The minimum atomic E-state index is 0.0369. The zero-order valence-electron chi connectivity index (χ0n) is 12.3. The molecule has 2 saturated heterocycles. The van der Waals surface area contributed by atoms with Gasteiger partial charge in [-0.05, 0) is 45.4 Å². The molecular formula is C16H23N3O. The van der Waals surface area contributed by atoms with Crippen molar-refractivity contribution in [2.75, 3.05) is 25.5 Å². The second kappa shape index (κ2) is 5.44. The second-order valence-corrected chi connectivity index (χ2v) is 6.08. The first-order chi connectivity index (χ1) is 9.63. The third-order valence-electron chi connectivity index (χ3n) is 4.74. The van der Waals surface area contributed by atoms with Gasteiger partial charge in [0.05, 0.1) is 0 Å². The highest BCUT2D eigenvalue weighted by atomic mass is 16.2. The van der Waals surface area contributed by atoms with Crippen LogP contribution in [-0.4, -0.2) is 48.1 Å². The molecule has 3 rings (SSSR count). The average Bonchev–Trinajstić information content (AvgIpc) is 2.66. The van der Waals surface area contributed by atoms with E-state index < -0.39 is 0 Å². The Balaban J connectivity index is 1.64. The molecule has 2 heterocycles. The van der Waals surface area contributed by atoms with Gasteiger partial charge in [0.2, 0.25) is 0 Å². The first kappa shape index (κ1) is 13.4. The molecule has 2 unspecified atom stereocenters. The first-order valence-electron chi connectivity index (χ1n) is 7.48. The number of hydrogen-bond acceptors (Lipinski definition) is 2. The minimum absolute atomic E-state index is 0.0369. The fourth-order valence-electron chi connectivity index (χ4n) is 3.33. The monoisotopic (exact) mass is 273 g/mol. The Hall–Kier alpha value is -1.55. The smallest absolute Gasteiger partial charge is 0.321 e. The Morgan fingerprint density at radius 2 is 1.85 bits per heavy atom. The fraction of sp³-hybridized carbons (Fsp3) is 0.562. The van der Waals surface area contributed by atoms with Crippen molar-refractivity contribution in [3.05, 3.63) is 29.8 Å². The molecule has 0 spiro atoms. The van der Waals surface area contributed by atoms with Crippen LogP contribution in [0.1, 0.15) is 24.8 Å². The number of likely N-dealkylation sites (tertiary alicyclic amines) is 1. The van der Waals surface area contributed by atoms with E-state index in [1.807, 2.05) is 36.1 Å². The zero-order chi connectivity index (χ0) is 14.1. The summed E-state index contributed by atoms with van der Waals surface area (Å²) in [6.45, 7) is 3.76. The molecule has 2 aliphatic rings. The number of likely N-dealkylation sites (N-methyl/N-ethyl adjacent to an activating group) is 1. The van der Waals surface area contributed by atoms with E-state index in [2.05, 4.69) is 17.3 Å². The number of nitrogens with one attached hydrogen (secondary N) is 1. The van der Waals surface area contributed by atoms with Crippen LogP contribution in [0.15, 0.2) is 24.3 Å². The molecule has 1 aromatic carbocycles. The van der Waals surface area contributed by atoms with Crippen molar-refractivity contribution in [1.82, 2.24) is 9.80 Å². The lowest BCUT2D eigenvalue weighted by molar-refractivity contribution is 0.200. The van der Waals surface area contributed by atoms with Crippen LogP contribution in [-0.2, 0) is 0 Å². The van der Waals surface area contributed by atoms with Gasteiger partial charge >= 0.3 is 6.03 Å². The van der Waals surface area contributed by atoms with E-state index in [4.69, 9.17) is 0 Å². The summed E-state index contributed by atoms with van der Waals surface area (Å²) in [5.74, 6) is 0. The maximum Gasteiger partial charge on any atom is 0.321 e. The van der Waals surface area contributed by atoms with Gasteiger partial charge in [-0.1, -0.05) is 17.7 Å². The summed E-state index contributed by atoms with van der Waals surface area (Å²) in [6, 6.07) is 9.20. The van der Waals surface area contributed by atoms with Crippen molar-refractivity contribution in [3.8, 4) is 0 Å². The summed E-state index contributed by atoms with van der Waals surface area (Å²) in [7, 11) is 2.20. The highest BCUT2D eigenvalue weighted by Gasteiger charge is 2.35. The molecule has 2 fully saturated rings. The van der Waals surface area contributed by atoms with Crippen LogP contribution in [0, 0.1) is 6.92 Å². The number of nitrogens with zero attached hydrogens (tertiary/aromatic N) is 2. The van der Waals surface area contributed by atoms with Gasteiger partial charge in [-0.3, -0.25) is 4.90 Å². The van der Waals surface area contributed by atoms with Crippen molar-refractivity contribution >= 4 is 11.7 Å². The maximum absolute atomic E-state index is 12.4. The number of urea groups is 1. The van der Waals surface area contributed by atoms with E-state index >= 15 is 0 Å². The number of fused-ring (bicyclic) bond motifs is 2. The molecule has 4 nitrogen and oxygen atoms in total. The van der Waals surface area contributed by atoms with Crippen LogP contribution in [0.5, 0.6) is 0 Å². The number of aryl methyl sites for hydroxylation is 1. The SMILES string of the molecule is Cc1ccc(NC(=O)N2CCC3CCC(C2)N3C)cc1. The number of rotatable bonds is 1. The standard InChI is InChI=1S/C16H23N3O/c1-12-3-5-13(6-4-12)17-16(20)19-10-9-14-7-8-15(11-19)18(14)2/h3-6,14-15H,7-11H2,1-2H3,(H,17,20). The van der Waals surface area contributed by atoms with Crippen molar-refractivity contribution in [1.29, 1.82) is 0 Å². The summed E-state index contributed by atoms with van der Waals surface area (Å²) < 4.78 is 0. The molecule has 108 valence electrons. The molecule has 2 bridgehead atoms. The Morgan fingerprint density at radius 3 is 2.60 bits per heavy atom. The molecule has 20 heavy (non-hydrogen) atoms. The Kier molecular flexibility index (Phi) is 3.66. The van der Waals surface area contributed by atoms with Crippen LogP contribution in [0.25, 0.3) is 0 Å². The van der Waals surface area contributed by atoms with Gasteiger partial charge in [0.15, 0.2) is 0 Å². The fourth-order valence-corrected chi connectivity index (χ4v) is 3.33. The van der Waals surface area contributed by atoms with Gasteiger partial charge in [-0.15, -0.1) is 0 Å². The van der Waals surface area contributed by atoms with Gasteiger partial charge < -0.3 is 10.2 Å². The second-order valence-electron chi connectivity index (χ2n) is 6.08.